The second-order valence-corrected chi connectivity index (χ2v) is 10.4. The molecule has 1 aliphatic rings. The van der Waals surface area contributed by atoms with Gasteiger partial charge in [0.15, 0.2) is 5.82 Å². The normalized spacial score (nSPS) is 15.0. The summed E-state index contributed by atoms with van der Waals surface area (Å²) >= 11 is 0. The first-order valence-electron chi connectivity index (χ1n) is 13.3. The van der Waals surface area contributed by atoms with E-state index in [0.717, 1.165) is 59.0 Å². The Hall–Kier alpha value is -4.04. The summed E-state index contributed by atoms with van der Waals surface area (Å²) in [5, 5.41) is 14.2. The number of aryl methyl sites for hydroxylation is 2. The van der Waals surface area contributed by atoms with Gasteiger partial charge in [-0.15, -0.1) is 5.10 Å². The Morgan fingerprint density at radius 1 is 1.05 bits per heavy atom. The topological polar surface area (TPSA) is 92.8 Å². The van der Waals surface area contributed by atoms with Crippen molar-refractivity contribution in [2.24, 2.45) is 0 Å². The van der Waals surface area contributed by atoms with Crippen molar-refractivity contribution in [3.05, 3.63) is 111 Å². The van der Waals surface area contributed by atoms with E-state index in [1.165, 1.54) is 0 Å². The van der Waals surface area contributed by atoms with Gasteiger partial charge in [-0.25, -0.2) is 4.68 Å². The fraction of sp³-hybridized carbons (Fsp3) is 0.333. The van der Waals surface area contributed by atoms with Gasteiger partial charge in [0.05, 0.1) is 18.8 Å². The number of tetrazole rings is 1. The maximum atomic E-state index is 13.8. The van der Waals surface area contributed by atoms with E-state index in [2.05, 4.69) is 50.5 Å². The highest BCUT2D eigenvalue weighted by atomic mass is 16.3. The summed E-state index contributed by atoms with van der Waals surface area (Å²) in [5.74, 6) is 1.50. The number of H-pyrrole nitrogens is 1. The summed E-state index contributed by atoms with van der Waals surface area (Å²) in [4.78, 5) is 19.2. The van der Waals surface area contributed by atoms with E-state index in [4.69, 9.17) is 4.42 Å². The number of aromatic nitrogens is 5. The molecule has 194 valence electrons. The highest BCUT2D eigenvalue weighted by molar-refractivity contribution is 5.83. The highest BCUT2D eigenvalue weighted by Crippen LogP contribution is 2.35. The zero-order chi connectivity index (χ0) is 26.1. The minimum absolute atomic E-state index is 0.133. The van der Waals surface area contributed by atoms with Gasteiger partial charge in [0.1, 0.15) is 11.8 Å². The molecule has 0 bridgehead atoms. The third-order valence-corrected chi connectivity index (χ3v) is 7.60. The van der Waals surface area contributed by atoms with Crippen molar-refractivity contribution in [3.8, 4) is 0 Å². The number of furan rings is 1. The number of hydrogen-bond acceptors (Lipinski definition) is 6. The molecule has 1 atom stereocenters. The van der Waals surface area contributed by atoms with Crippen molar-refractivity contribution in [1.82, 2.24) is 30.1 Å². The fourth-order valence-corrected chi connectivity index (χ4v) is 5.84. The predicted molar refractivity (Wildman–Crippen MR) is 146 cm³/mol. The van der Waals surface area contributed by atoms with Gasteiger partial charge in [-0.1, -0.05) is 49.2 Å². The number of hydrogen-bond donors (Lipinski definition) is 1. The van der Waals surface area contributed by atoms with Gasteiger partial charge in [0.25, 0.3) is 5.56 Å². The standard InChI is InChI=1S/C30H32N6O2/c1-20-15-21(2)25-17-26(30(37)31-27(25)16-20)28(29-32-33-34-36(29)23-11-6-7-12-23)35(19-24-13-8-14-38-24)18-22-9-4-3-5-10-22/h3-5,8-10,13-17,23,28H,6-7,11-12,18-19H2,1-2H3,(H,31,37)/t28-/m1/s1. The van der Waals surface area contributed by atoms with Crippen LogP contribution >= 0.6 is 0 Å². The van der Waals surface area contributed by atoms with Gasteiger partial charge in [0, 0.05) is 23.0 Å². The van der Waals surface area contributed by atoms with Crippen molar-refractivity contribution >= 4 is 10.9 Å². The van der Waals surface area contributed by atoms with Crippen LogP contribution in [0.4, 0.5) is 0 Å². The number of nitrogens with zero attached hydrogens (tertiary/aromatic N) is 5. The summed E-state index contributed by atoms with van der Waals surface area (Å²) in [7, 11) is 0. The van der Waals surface area contributed by atoms with Crippen LogP contribution in [0.1, 0.15) is 71.6 Å². The van der Waals surface area contributed by atoms with Crippen LogP contribution in [0.3, 0.4) is 0 Å². The minimum Gasteiger partial charge on any atom is -0.468 e. The molecule has 2 aromatic carbocycles. The van der Waals surface area contributed by atoms with Gasteiger partial charge in [0.2, 0.25) is 0 Å². The molecule has 5 aromatic rings. The molecule has 0 aliphatic heterocycles. The van der Waals surface area contributed by atoms with Crippen LogP contribution in [0, 0.1) is 13.8 Å². The number of benzene rings is 2. The van der Waals surface area contributed by atoms with Gasteiger partial charge < -0.3 is 9.40 Å². The third kappa shape index (κ3) is 4.79. The first-order valence-corrected chi connectivity index (χ1v) is 13.3. The van der Waals surface area contributed by atoms with Gasteiger partial charge in [-0.3, -0.25) is 9.69 Å². The molecule has 1 aliphatic carbocycles. The Kier molecular flexibility index (Phi) is 6.64. The molecule has 8 heteroatoms. The lowest BCUT2D eigenvalue weighted by Crippen LogP contribution is -2.35. The third-order valence-electron chi connectivity index (χ3n) is 7.60. The Labute approximate surface area is 221 Å². The van der Waals surface area contributed by atoms with Crippen LogP contribution in [-0.2, 0) is 13.1 Å². The van der Waals surface area contributed by atoms with Crippen LogP contribution in [0.5, 0.6) is 0 Å². The molecule has 0 saturated heterocycles. The summed E-state index contributed by atoms with van der Waals surface area (Å²) in [6, 6.07) is 20.1. The van der Waals surface area contributed by atoms with Crippen molar-refractivity contribution in [1.29, 1.82) is 0 Å². The monoisotopic (exact) mass is 508 g/mol. The average Bonchev–Trinajstić information content (AvgIpc) is 3.68. The van der Waals surface area contributed by atoms with E-state index >= 15 is 0 Å². The van der Waals surface area contributed by atoms with Crippen molar-refractivity contribution in [2.45, 2.75) is 64.7 Å². The lowest BCUT2D eigenvalue weighted by Gasteiger charge is -2.31. The number of fused-ring (bicyclic) bond motifs is 1. The summed E-state index contributed by atoms with van der Waals surface area (Å²) in [6.45, 7) is 5.21. The van der Waals surface area contributed by atoms with E-state index < -0.39 is 6.04 Å². The van der Waals surface area contributed by atoms with E-state index in [1.54, 1.807) is 6.26 Å². The fourth-order valence-electron chi connectivity index (χ4n) is 5.84. The van der Waals surface area contributed by atoms with Crippen LogP contribution in [-0.4, -0.2) is 30.1 Å². The number of pyridine rings is 1. The average molecular weight is 509 g/mol. The molecule has 8 nitrogen and oxygen atoms in total. The maximum absolute atomic E-state index is 13.8. The quantitative estimate of drug-likeness (QED) is 0.292. The SMILES string of the molecule is Cc1cc(C)c2cc([C@H](c3nnnn3C3CCCC3)N(Cc3ccccc3)Cc3ccco3)c(=O)[nH]c2c1. The van der Waals surface area contributed by atoms with Crippen molar-refractivity contribution < 1.29 is 4.42 Å². The molecule has 0 amide bonds. The Bertz CT molecular complexity index is 1580. The molecule has 1 saturated carbocycles. The number of rotatable bonds is 8. The molecule has 38 heavy (non-hydrogen) atoms. The van der Waals surface area contributed by atoms with Crippen molar-refractivity contribution in [3.63, 3.8) is 0 Å². The van der Waals surface area contributed by atoms with Gasteiger partial charge >= 0.3 is 0 Å². The van der Waals surface area contributed by atoms with Crippen molar-refractivity contribution in [2.75, 3.05) is 0 Å². The van der Waals surface area contributed by atoms with Crippen LogP contribution in [0.15, 0.2) is 76.1 Å². The van der Waals surface area contributed by atoms with E-state index in [1.807, 2.05) is 54.1 Å². The molecule has 0 unspecified atom stereocenters. The molecule has 0 radical (unpaired) electrons. The summed E-state index contributed by atoms with van der Waals surface area (Å²) in [6.07, 6.45) is 6.07. The van der Waals surface area contributed by atoms with E-state index in [-0.39, 0.29) is 11.6 Å². The number of nitrogens with one attached hydrogen (secondary N) is 1. The Balaban J connectivity index is 1.55. The first kappa shape index (κ1) is 24.3. The second kappa shape index (κ2) is 10.4. The van der Waals surface area contributed by atoms with E-state index in [0.29, 0.717) is 24.5 Å². The lowest BCUT2D eigenvalue weighted by molar-refractivity contribution is 0.176. The maximum Gasteiger partial charge on any atom is 0.253 e. The minimum atomic E-state index is -0.482. The van der Waals surface area contributed by atoms with Crippen LogP contribution < -0.4 is 5.56 Å². The lowest BCUT2D eigenvalue weighted by atomic mass is 9.99. The zero-order valence-corrected chi connectivity index (χ0v) is 21.8. The molecule has 1 fully saturated rings. The zero-order valence-electron chi connectivity index (χ0n) is 21.8. The second-order valence-electron chi connectivity index (χ2n) is 10.4. The molecule has 3 aromatic heterocycles. The van der Waals surface area contributed by atoms with Gasteiger partial charge in [-0.2, -0.15) is 0 Å². The number of aromatic amines is 1. The highest BCUT2D eigenvalue weighted by Gasteiger charge is 2.34. The van der Waals surface area contributed by atoms with E-state index in [9.17, 15) is 4.79 Å². The Morgan fingerprint density at radius 2 is 1.87 bits per heavy atom. The van der Waals surface area contributed by atoms with Gasteiger partial charge in [-0.05, 0) is 78.1 Å². The molecule has 6 rings (SSSR count). The summed E-state index contributed by atoms with van der Waals surface area (Å²) in [5.41, 5.74) is 4.70. The molecule has 1 N–H and O–H groups in total. The predicted octanol–water partition coefficient (Wildman–Crippen LogP) is 5.63. The largest absolute Gasteiger partial charge is 0.468 e. The first-order chi connectivity index (χ1) is 18.6. The smallest absolute Gasteiger partial charge is 0.253 e. The Morgan fingerprint density at radius 3 is 2.63 bits per heavy atom. The molecular formula is C30H32N6O2. The summed E-state index contributed by atoms with van der Waals surface area (Å²) < 4.78 is 7.74. The van der Waals surface area contributed by atoms with Crippen LogP contribution in [0.2, 0.25) is 0 Å². The van der Waals surface area contributed by atoms with Crippen LogP contribution in [0.25, 0.3) is 10.9 Å². The molecule has 3 heterocycles. The molecule has 0 spiro atoms. The molecular weight excluding hydrogens is 476 g/mol.